The minimum atomic E-state index is -0.420. The third-order valence-corrected chi connectivity index (χ3v) is 6.42. The number of carbonyl (C=O) groups excluding carboxylic acids is 1. The number of anilines is 1. The summed E-state index contributed by atoms with van der Waals surface area (Å²) in [4.78, 5) is 12.8. The van der Waals surface area contributed by atoms with Gasteiger partial charge in [-0.3, -0.25) is 9.36 Å². The SMILES string of the molecule is COc1ccccc1OC(C)c1nnc(SCC(=O)Nc2c(C)cccc2C)n1-c1ccccc1. The van der Waals surface area contributed by atoms with E-state index in [1.165, 1.54) is 11.8 Å². The van der Waals surface area contributed by atoms with Crippen molar-refractivity contribution in [2.24, 2.45) is 0 Å². The summed E-state index contributed by atoms with van der Waals surface area (Å²) in [6, 6.07) is 23.2. The molecule has 0 aliphatic heterocycles. The summed E-state index contributed by atoms with van der Waals surface area (Å²) in [5.41, 5.74) is 3.79. The summed E-state index contributed by atoms with van der Waals surface area (Å²) >= 11 is 1.33. The van der Waals surface area contributed by atoms with Crippen molar-refractivity contribution in [2.45, 2.75) is 32.0 Å². The second-order valence-electron chi connectivity index (χ2n) is 8.03. The van der Waals surface area contributed by atoms with E-state index >= 15 is 0 Å². The zero-order valence-corrected chi connectivity index (χ0v) is 21.0. The first-order valence-corrected chi connectivity index (χ1v) is 12.3. The maximum absolute atomic E-state index is 12.8. The quantitative estimate of drug-likeness (QED) is 0.302. The van der Waals surface area contributed by atoms with Gasteiger partial charge in [0.15, 0.2) is 28.6 Å². The third kappa shape index (κ3) is 5.66. The summed E-state index contributed by atoms with van der Waals surface area (Å²) in [6.45, 7) is 5.88. The van der Waals surface area contributed by atoms with Crippen LogP contribution in [0.4, 0.5) is 5.69 Å². The first-order valence-electron chi connectivity index (χ1n) is 11.3. The Bertz CT molecular complexity index is 1290. The number of benzene rings is 3. The van der Waals surface area contributed by atoms with Crippen molar-refractivity contribution >= 4 is 23.4 Å². The lowest BCUT2D eigenvalue weighted by molar-refractivity contribution is -0.113. The van der Waals surface area contributed by atoms with Crippen LogP contribution in [0.15, 0.2) is 78.0 Å². The fourth-order valence-electron chi connectivity index (χ4n) is 3.73. The van der Waals surface area contributed by atoms with Gasteiger partial charge in [-0.15, -0.1) is 10.2 Å². The summed E-state index contributed by atoms with van der Waals surface area (Å²) < 4.78 is 13.5. The normalized spacial score (nSPS) is 11.7. The Morgan fingerprint density at radius 1 is 0.943 bits per heavy atom. The molecule has 0 spiro atoms. The molecule has 180 valence electrons. The fourth-order valence-corrected chi connectivity index (χ4v) is 4.49. The summed E-state index contributed by atoms with van der Waals surface area (Å²) in [7, 11) is 1.61. The van der Waals surface area contributed by atoms with E-state index in [0.717, 1.165) is 22.5 Å². The Hall–Kier alpha value is -3.78. The molecule has 0 aliphatic carbocycles. The summed E-state index contributed by atoms with van der Waals surface area (Å²) in [5, 5.41) is 12.5. The van der Waals surface area contributed by atoms with Crippen LogP contribution < -0.4 is 14.8 Å². The Morgan fingerprint density at radius 2 is 1.60 bits per heavy atom. The van der Waals surface area contributed by atoms with Gasteiger partial charge >= 0.3 is 0 Å². The molecule has 1 unspecified atom stereocenters. The van der Waals surface area contributed by atoms with Crippen LogP contribution in [0.3, 0.4) is 0 Å². The molecule has 7 nitrogen and oxygen atoms in total. The van der Waals surface area contributed by atoms with Crippen LogP contribution >= 0.6 is 11.8 Å². The van der Waals surface area contributed by atoms with Crippen LogP contribution in [-0.4, -0.2) is 33.5 Å². The van der Waals surface area contributed by atoms with E-state index in [9.17, 15) is 4.79 Å². The molecular formula is C27H28N4O3S. The first kappa shape index (κ1) is 24.3. The van der Waals surface area contributed by atoms with E-state index in [0.29, 0.717) is 22.5 Å². The van der Waals surface area contributed by atoms with E-state index in [1.54, 1.807) is 7.11 Å². The molecule has 1 atom stereocenters. The predicted octanol–water partition coefficient (Wildman–Crippen LogP) is 5.76. The number of hydrogen-bond acceptors (Lipinski definition) is 6. The van der Waals surface area contributed by atoms with Crippen LogP contribution in [-0.2, 0) is 4.79 Å². The van der Waals surface area contributed by atoms with Crippen molar-refractivity contribution < 1.29 is 14.3 Å². The molecule has 1 aromatic heterocycles. The molecule has 0 radical (unpaired) electrons. The van der Waals surface area contributed by atoms with Crippen molar-refractivity contribution in [3.8, 4) is 17.2 Å². The van der Waals surface area contributed by atoms with Gasteiger partial charge in [0, 0.05) is 11.4 Å². The van der Waals surface area contributed by atoms with Crippen molar-refractivity contribution in [2.75, 3.05) is 18.2 Å². The van der Waals surface area contributed by atoms with Gasteiger partial charge in [-0.1, -0.05) is 60.3 Å². The van der Waals surface area contributed by atoms with Crippen molar-refractivity contribution in [3.63, 3.8) is 0 Å². The predicted molar refractivity (Wildman–Crippen MR) is 139 cm³/mol. The topological polar surface area (TPSA) is 78.3 Å². The van der Waals surface area contributed by atoms with Crippen LogP contribution in [0.25, 0.3) is 5.69 Å². The first-order chi connectivity index (χ1) is 17.0. The monoisotopic (exact) mass is 488 g/mol. The number of nitrogens with one attached hydrogen (secondary N) is 1. The standard InChI is InChI=1S/C27H28N4O3S/c1-18-11-10-12-19(2)25(18)28-24(32)17-35-27-30-29-26(31(27)21-13-6-5-7-14-21)20(3)34-23-16-9-8-15-22(23)33-4/h5-16,20H,17H2,1-4H3,(H,28,32). The minimum absolute atomic E-state index is 0.102. The highest BCUT2D eigenvalue weighted by Gasteiger charge is 2.22. The molecule has 1 N–H and O–H groups in total. The van der Waals surface area contributed by atoms with Crippen LogP contribution in [0.2, 0.25) is 0 Å². The molecule has 0 saturated heterocycles. The molecule has 0 saturated carbocycles. The second-order valence-corrected chi connectivity index (χ2v) is 8.97. The minimum Gasteiger partial charge on any atom is -0.493 e. The van der Waals surface area contributed by atoms with Gasteiger partial charge in [0.05, 0.1) is 12.9 Å². The highest BCUT2D eigenvalue weighted by molar-refractivity contribution is 7.99. The number of thioether (sulfide) groups is 1. The van der Waals surface area contributed by atoms with Gasteiger partial charge in [-0.05, 0) is 56.2 Å². The van der Waals surface area contributed by atoms with Gasteiger partial charge in [0.2, 0.25) is 5.91 Å². The van der Waals surface area contributed by atoms with E-state index < -0.39 is 6.10 Å². The maximum Gasteiger partial charge on any atom is 0.234 e. The van der Waals surface area contributed by atoms with Crippen LogP contribution in [0.1, 0.15) is 30.0 Å². The van der Waals surface area contributed by atoms with Gasteiger partial charge in [0.25, 0.3) is 0 Å². The molecule has 0 bridgehead atoms. The lowest BCUT2D eigenvalue weighted by Crippen LogP contribution is -2.16. The maximum atomic E-state index is 12.8. The molecule has 0 aliphatic rings. The van der Waals surface area contributed by atoms with Crippen molar-refractivity contribution in [1.29, 1.82) is 0 Å². The number of amides is 1. The molecule has 35 heavy (non-hydrogen) atoms. The number of aryl methyl sites for hydroxylation is 2. The molecule has 1 amide bonds. The van der Waals surface area contributed by atoms with Crippen molar-refractivity contribution in [3.05, 3.63) is 89.7 Å². The van der Waals surface area contributed by atoms with Gasteiger partial charge in [-0.2, -0.15) is 0 Å². The largest absolute Gasteiger partial charge is 0.493 e. The Labute approximate surface area is 209 Å². The molecule has 0 fully saturated rings. The van der Waals surface area contributed by atoms with Gasteiger partial charge < -0.3 is 14.8 Å². The average Bonchev–Trinajstić information content (AvgIpc) is 3.30. The number of nitrogens with zero attached hydrogens (tertiary/aromatic N) is 3. The summed E-state index contributed by atoms with van der Waals surface area (Å²) in [6.07, 6.45) is -0.420. The number of aromatic nitrogens is 3. The number of para-hydroxylation sites is 4. The lowest BCUT2D eigenvalue weighted by atomic mass is 10.1. The highest BCUT2D eigenvalue weighted by Crippen LogP contribution is 2.32. The molecule has 4 rings (SSSR count). The Balaban J connectivity index is 1.57. The number of hydrogen-bond donors (Lipinski definition) is 1. The zero-order valence-electron chi connectivity index (χ0n) is 20.2. The average molecular weight is 489 g/mol. The number of rotatable bonds is 9. The van der Waals surface area contributed by atoms with Gasteiger partial charge in [-0.25, -0.2) is 0 Å². The van der Waals surface area contributed by atoms with E-state index in [4.69, 9.17) is 9.47 Å². The molecule has 4 aromatic rings. The van der Waals surface area contributed by atoms with Crippen molar-refractivity contribution in [1.82, 2.24) is 14.8 Å². The molecular weight excluding hydrogens is 460 g/mol. The fraction of sp³-hybridized carbons (Fsp3) is 0.222. The van der Waals surface area contributed by atoms with E-state index in [2.05, 4.69) is 15.5 Å². The number of ether oxygens (including phenoxy) is 2. The third-order valence-electron chi connectivity index (χ3n) is 5.49. The molecule has 8 heteroatoms. The van der Waals surface area contributed by atoms with Crippen LogP contribution in [0, 0.1) is 13.8 Å². The van der Waals surface area contributed by atoms with E-state index in [-0.39, 0.29) is 11.7 Å². The van der Waals surface area contributed by atoms with Crippen LogP contribution in [0.5, 0.6) is 11.5 Å². The second kappa shape index (κ2) is 11.1. The summed E-state index contributed by atoms with van der Waals surface area (Å²) in [5.74, 6) is 1.98. The van der Waals surface area contributed by atoms with E-state index in [1.807, 2.05) is 98.1 Å². The lowest BCUT2D eigenvalue weighted by Gasteiger charge is -2.18. The smallest absolute Gasteiger partial charge is 0.234 e. The molecule has 1 heterocycles. The zero-order chi connectivity index (χ0) is 24.8. The Morgan fingerprint density at radius 3 is 2.29 bits per heavy atom. The van der Waals surface area contributed by atoms with Gasteiger partial charge in [0.1, 0.15) is 0 Å². The highest BCUT2D eigenvalue weighted by atomic mass is 32.2. The Kier molecular flexibility index (Phi) is 7.72. The number of carbonyl (C=O) groups is 1. The number of methoxy groups -OCH3 is 1. The molecule has 3 aromatic carbocycles.